The molecule has 3 rings (SSSR count). The molecule has 0 atom stereocenters. The van der Waals surface area contributed by atoms with Gasteiger partial charge in [0.2, 0.25) is 5.16 Å². The number of phenols is 1. The van der Waals surface area contributed by atoms with Crippen LogP contribution < -0.4 is 10.6 Å². The first kappa shape index (κ1) is 16.8. The molecule has 0 unspecified atom stereocenters. The number of aromatic hydroxyl groups is 1. The molecule has 1 aromatic heterocycles. The number of nitrogens with two attached hydrogens (primary N) is 1. The highest BCUT2D eigenvalue weighted by molar-refractivity contribution is 7.99. The highest BCUT2D eigenvalue weighted by Crippen LogP contribution is 2.21. The first-order chi connectivity index (χ1) is 12.1. The second-order valence-electron chi connectivity index (χ2n) is 5.10. The number of para-hydroxylation sites is 2. The first-order valence-electron chi connectivity index (χ1n) is 7.46. The van der Waals surface area contributed by atoms with Crippen LogP contribution in [0.4, 0.5) is 0 Å². The average Bonchev–Trinajstić information content (AvgIpc) is 2.99. The maximum absolute atomic E-state index is 12.2. The van der Waals surface area contributed by atoms with Gasteiger partial charge in [0.1, 0.15) is 18.1 Å². The fourth-order valence-corrected chi connectivity index (χ4v) is 2.84. The second kappa shape index (κ2) is 7.71. The number of rotatable bonds is 7. The van der Waals surface area contributed by atoms with Crippen molar-refractivity contribution in [2.75, 3.05) is 11.6 Å². The summed E-state index contributed by atoms with van der Waals surface area (Å²) in [5.74, 6) is 6.93. The van der Waals surface area contributed by atoms with E-state index >= 15 is 0 Å². The Kier molecular flexibility index (Phi) is 5.20. The zero-order chi connectivity index (χ0) is 17.6. The minimum absolute atomic E-state index is 0.0423. The maximum Gasteiger partial charge on any atom is 0.210 e. The van der Waals surface area contributed by atoms with E-state index in [0.29, 0.717) is 16.7 Å². The number of benzene rings is 2. The largest absolute Gasteiger partial charge is 0.507 e. The van der Waals surface area contributed by atoms with Crippen molar-refractivity contribution >= 4 is 17.5 Å². The maximum atomic E-state index is 12.2. The van der Waals surface area contributed by atoms with Gasteiger partial charge in [-0.25, -0.2) is 4.68 Å². The number of aromatic nitrogens is 3. The molecule has 0 radical (unpaired) electrons. The third-order valence-electron chi connectivity index (χ3n) is 3.38. The number of ketones is 1. The van der Waals surface area contributed by atoms with Crippen LogP contribution in [0.5, 0.6) is 11.5 Å². The van der Waals surface area contributed by atoms with Gasteiger partial charge in [0.15, 0.2) is 11.6 Å². The monoisotopic (exact) mass is 356 g/mol. The topological polar surface area (TPSA) is 103 Å². The summed E-state index contributed by atoms with van der Waals surface area (Å²) >= 11 is 1.15. The highest BCUT2D eigenvalue weighted by Gasteiger charge is 2.15. The zero-order valence-corrected chi connectivity index (χ0v) is 14.0. The van der Waals surface area contributed by atoms with Gasteiger partial charge in [-0.1, -0.05) is 42.1 Å². The second-order valence-corrected chi connectivity index (χ2v) is 6.04. The van der Waals surface area contributed by atoms with Gasteiger partial charge < -0.3 is 15.7 Å². The van der Waals surface area contributed by atoms with E-state index in [1.54, 1.807) is 18.2 Å². The summed E-state index contributed by atoms with van der Waals surface area (Å²) in [5.41, 5.74) is 0.269. The fourth-order valence-electron chi connectivity index (χ4n) is 2.09. The smallest absolute Gasteiger partial charge is 0.210 e. The number of nitrogens with zero attached hydrogens (tertiary/aromatic N) is 3. The number of nitrogen functional groups attached to an aromatic ring is 1. The molecule has 3 aromatic rings. The van der Waals surface area contributed by atoms with Crippen LogP contribution in [0.3, 0.4) is 0 Å². The molecule has 7 nitrogen and oxygen atoms in total. The van der Waals surface area contributed by atoms with Crippen molar-refractivity contribution in [2.45, 2.75) is 11.8 Å². The molecule has 2 aromatic carbocycles. The minimum atomic E-state index is -0.215. The Balaban J connectivity index is 1.60. The van der Waals surface area contributed by atoms with Crippen LogP contribution in [0.2, 0.25) is 0 Å². The van der Waals surface area contributed by atoms with Crippen molar-refractivity contribution in [3.63, 3.8) is 0 Å². The van der Waals surface area contributed by atoms with E-state index in [9.17, 15) is 9.90 Å². The Morgan fingerprint density at radius 3 is 2.60 bits per heavy atom. The molecule has 25 heavy (non-hydrogen) atoms. The van der Waals surface area contributed by atoms with Crippen LogP contribution in [0.25, 0.3) is 0 Å². The van der Waals surface area contributed by atoms with Crippen molar-refractivity contribution in [2.24, 2.45) is 0 Å². The fraction of sp³-hybridized carbons (Fsp3) is 0.118. The lowest BCUT2D eigenvalue weighted by Crippen LogP contribution is -2.16. The molecule has 0 fully saturated rings. The number of ether oxygens (including phenoxy) is 1. The molecule has 0 saturated carbocycles. The third kappa shape index (κ3) is 4.10. The molecule has 3 N–H and O–H groups in total. The summed E-state index contributed by atoms with van der Waals surface area (Å²) in [6, 6.07) is 15.7. The average molecular weight is 356 g/mol. The number of phenolic OH excluding ortho intramolecular Hbond substituents is 1. The number of carbonyl (C=O) groups is 1. The predicted octanol–water partition coefficient (Wildman–Crippen LogP) is 2.25. The molecule has 0 spiro atoms. The van der Waals surface area contributed by atoms with Gasteiger partial charge in [0.05, 0.1) is 11.3 Å². The summed E-state index contributed by atoms with van der Waals surface area (Å²) < 4.78 is 6.88. The Morgan fingerprint density at radius 1 is 1.12 bits per heavy atom. The first-order valence-corrected chi connectivity index (χ1v) is 8.45. The Hall–Kier alpha value is -3.00. The number of hydrogen-bond donors (Lipinski definition) is 2. The van der Waals surface area contributed by atoms with Crippen molar-refractivity contribution in [1.82, 2.24) is 14.9 Å². The predicted molar refractivity (Wildman–Crippen MR) is 94.1 cm³/mol. The van der Waals surface area contributed by atoms with E-state index < -0.39 is 0 Å². The molecule has 0 saturated heterocycles. The van der Waals surface area contributed by atoms with Crippen LogP contribution in [0.15, 0.2) is 59.8 Å². The van der Waals surface area contributed by atoms with Crippen LogP contribution in [0, 0.1) is 0 Å². The van der Waals surface area contributed by atoms with E-state index in [1.807, 2.05) is 30.3 Å². The van der Waals surface area contributed by atoms with Crippen LogP contribution in [0.1, 0.15) is 16.2 Å². The molecule has 1 heterocycles. The van der Waals surface area contributed by atoms with Crippen LogP contribution in [-0.2, 0) is 6.61 Å². The van der Waals surface area contributed by atoms with Crippen molar-refractivity contribution < 1.29 is 14.6 Å². The van der Waals surface area contributed by atoms with Gasteiger partial charge in [-0.05, 0) is 24.3 Å². The number of Topliss-reactive ketones (excluding diaryl/α,β-unsaturated/α-hetero) is 1. The summed E-state index contributed by atoms with van der Waals surface area (Å²) in [7, 11) is 0. The van der Waals surface area contributed by atoms with Gasteiger partial charge >= 0.3 is 0 Å². The normalized spacial score (nSPS) is 10.6. The lowest BCUT2D eigenvalue weighted by atomic mass is 10.1. The number of carbonyl (C=O) groups excluding carboxylic acids is 1. The third-order valence-corrected chi connectivity index (χ3v) is 4.33. The van der Waals surface area contributed by atoms with E-state index in [2.05, 4.69) is 10.2 Å². The van der Waals surface area contributed by atoms with Crippen molar-refractivity contribution in [1.29, 1.82) is 0 Å². The SMILES string of the molecule is Nn1c(COc2ccccc2)nnc1SCC(=O)c1ccccc1O. The van der Waals surface area contributed by atoms with Gasteiger partial charge in [0, 0.05) is 0 Å². The van der Waals surface area contributed by atoms with Gasteiger partial charge in [-0.15, -0.1) is 10.2 Å². The molecular weight excluding hydrogens is 340 g/mol. The van der Waals surface area contributed by atoms with Gasteiger partial charge in [-0.3, -0.25) is 4.79 Å². The van der Waals surface area contributed by atoms with Crippen LogP contribution >= 0.6 is 11.8 Å². The van der Waals surface area contributed by atoms with E-state index in [4.69, 9.17) is 10.6 Å². The number of hydrogen-bond acceptors (Lipinski definition) is 7. The van der Waals surface area contributed by atoms with Gasteiger partial charge in [0.25, 0.3) is 0 Å². The Bertz CT molecular complexity index is 867. The van der Waals surface area contributed by atoms with Gasteiger partial charge in [-0.2, -0.15) is 0 Å². The minimum Gasteiger partial charge on any atom is -0.507 e. The summed E-state index contributed by atoms with van der Waals surface area (Å²) in [5, 5.41) is 18.1. The molecule has 128 valence electrons. The van der Waals surface area contributed by atoms with Crippen molar-refractivity contribution in [3.8, 4) is 11.5 Å². The molecule has 0 aliphatic heterocycles. The van der Waals surface area contributed by atoms with Crippen LogP contribution in [-0.4, -0.2) is 31.5 Å². The lowest BCUT2D eigenvalue weighted by Gasteiger charge is -2.06. The Morgan fingerprint density at radius 2 is 1.84 bits per heavy atom. The summed E-state index contributed by atoms with van der Waals surface area (Å²) in [4.78, 5) is 12.2. The molecular formula is C17H16N4O3S. The van der Waals surface area contributed by atoms with E-state index in [1.165, 1.54) is 10.7 Å². The summed E-state index contributed by atoms with van der Waals surface area (Å²) in [6.45, 7) is 0.168. The lowest BCUT2D eigenvalue weighted by molar-refractivity contribution is 0.102. The summed E-state index contributed by atoms with van der Waals surface area (Å²) in [6.07, 6.45) is 0. The molecule has 0 bridgehead atoms. The zero-order valence-electron chi connectivity index (χ0n) is 13.2. The quantitative estimate of drug-likeness (QED) is 0.380. The molecule has 0 aliphatic carbocycles. The molecule has 0 amide bonds. The highest BCUT2D eigenvalue weighted by atomic mass is 32.2. The Labute approximate surface area is 148 Å². The van der Waals surface area contributed by atoms with E-state index in [0.717, 1.165) is 11.8 Å². The number of thioether (sulfide) groups is 1. The van der Waals surface area contributed by atoms with E-state index in [-0.39, 0.29) is 29.5 Å². The standard InChI is InChI=1S/C17H16N4O3S/c18-21-16(10-24-12-6-2-1-3-7-12)19-20-17(21)25-11-15(23)13-8-4-5-9-14(13)22/h1-9,22H,10-11,18H2. The van der Waals surface area contributed by atoms with Crippen molar-refractivity contribution in [3.05, 3.63) is 66.0 Å². The molecule has 8 heteroatoms. The molecule has 0 aliphatic rings.